The molecular weight excluding hydrogens is 156 g/mol. The van der Waals surface area contributed by atoms with Crippen molar-refractivity contribution in [2.75, 3.05) is 6.61 Å². The third-order valence-electron chi connectivity index (χ3n) is 1.42. The van der Waals surface area contributed by atoms with Gasteiger partial charge in [-0.05, 0) is 19.3 Å². The van der Waals surface area contributed by atoms with E-state index in [0.29, 0.717) is 12.5 Å². The summed E-state index contributed by atoms with van der Waals surface area (Å²) in [5.41, 5.74) is 0. The Morgan fingerprint density at radius 3 is 2.42 bits per heavy atom. The monoisotopic (exact) mass is 174 g/mol. The summed E-state index contributed by atoms with van der Waals surface area (Å²) in [4.78, 5) is 10.9. The van der Waals surface area contributed by atoms with Gasteiger partial charge in [0.2, 0.25) is 0 Å². The van der Waals surface area contributed by atoms with E-state index in [1.807, 2.05) is 0 Å². The van der Waals surface area contributed by atoms with Gasteiger partial charge in [-0.25, -0.2) is 0 Å². The van der Waals surface area contributed by atoms with Crippen LogP contribution >= 0.6 is 0 Å². The number of esters is 1. The van der Waals surface area contributed by atoms with E-state index in [0.717, 1.165) is 6.42 Å². The maximum absolute atomic E-state index is 10.9. The van der Waals surface area contributed by atoms with E-state index in [4.69, 9.17) is 9.84 Å². The largest absolute Gasteiger partial charge is 0.466 e. The number of hydrogen-bond donors (Lipinski definition) is 1. The summed E-state index contributed by atoms with van der Waals surface area (Å²) in [6.07, 6.45) is 0.375. The van der Waals surface area contributed by atoms with Gasteiger partial charge in [-0.3, -0.25) is 4.79 Å². The second kappa shape index (κ2) is 6.00. The zero-order valence-electron chi connectivity index (χ0n) is 8.04. The van der Waals surface area contributed by atoms with Crippen LogP contribution in [0.25, 0.3) is 0 Å². The summed E-state index contributed by atoms with van der Waals surface area (Å²) < 4.78 is 4.86. The highest BCUT2D eigenvalue weighted by molar-refractivity contribution is 5.69. The Kier molecular flexibility index (Phi) is 5.72. The van der Waals surface area contributed by atoms with Crippen LogP contribution in [0.4, 0.5) is 0 Å². The van der Waals surface area contributed by atoms with Crippen LogP contribution in [0.15, 0.2) is 0 Å². The van der Waals surface area contributed by atoms with Gasteiger partial charge in [0.15, 0.2) is 0 Å². The van der Waals surface area contributed by atoms with Gasteiger partial charge in [0.1, 0.15) is 0 Å². The molecule has 1 unspecified atom stereocenters. The molecule has 0 aliphatic heterocycles. The molecule has 0 fully saturated rings. The highest BCUT2D eigenvalue weighted by Crippen LogP contribution is 2.00. The van der Waals surface area contributed by atoms with Crippen LogP contribution in [0, 0.1) is 5.92 Å². The molecule has 0 aromatic rings. The second-order valence-electron chi connectivity index (χ2n) is 3.46. The lowest BCUT2D eigenvalue weighted by molar-refractivity contribution is -0.145. The summed E-state index contributed by atoms with van der Waals surface area (Å²) in [5.74, 6) is 0.231. The van der Waals surface area contributed by atoms with Crippen LogP contribution in [0.3, 0.4) is 0 Å². The first-order valence-corrected chi connectivity index (χ1v) is 4.36. The molecule has 0 spiro atoms. The minimum absolute atomic E-state index is 0.0953. The molecule has 0 amide bonds. The highest BCUT2D eigenvalue weighted by Gasteiger charge is 2.06. The lowest BCUT2D eigenvalue weighted by Gasteiger charge is -2.07. The number of aliphatic hydroxyl groups excluding tert-OH is 1. The summed E-state index contributed by atoms with van der Waals surface area (Å²) in [7, 11) is 0. The number of aliphatic hydroxyl groups is 1. The number of ether oxygens (including phenoxy) is 1. The third kappa shape index (κ3) is 7.54. The molecule has 0 saturated heterocycles. The van der Waals surface area contributed by atoms with Gasteiger partial charge in [-0.1, -0.05) is 13.8 Å². The van der Waals surface area contributed by atoms with E-state index < -0.39 is 6.10 Å². The number of carbonyl (C=O) groups is 1. The van der Waals surface area contributed by atoms with Crippen molar-refractivity contribution in [3.8, 4) is 0 Å². The Balaban J connectivity index is 3.32. The van der Waals surface area contributed by atoms with Crippen LogP contribution in [-0.2, 0) is 9.53 Å². The van der Waals surface area contributed by atoms with Gasteiger partial charge >= 0.3 is 5.97 Å². The van der Waals surface area contributed by atoms with E-state index in [2.05, 4.69) is 13.8 Å². The van der Waals surface area contributed by atoms with Gasteiger partial charge in [-0.15, -0.1) is 0 Å². The van der Waals surface area contributed by atoms with Crippen LogP contribution < -0.4 is 0 Å². The molecule has 0 rings (SSSR count). The van der Waals surface area contributed by atoms with Crippen LogP contribution in [0.1, 0.15) is 33.6 Å². The second-order valence-corrected chi connectivity index (χ2v) is 3.46. The Morgan fingerprint density at radius 2 is 2.00 bits per heavy atom. The molecule has 0 bridgehead atoms. The van der Waals surface area contributed by atoms with Crippen molar-refractivity contribution < 1.29 is 14.6 Å². The normalized spacial score (nSPS) is 13.1. The molecule has 0 aliphatic carbocycles. The average molecular weight is 174 g/mol. The number of carbonyl (C=O) groups excluding carboxylic acids is 1. The molecule has 12 heavy (non-hydrogen) atoms. The van der Waals surface area contributed by atoms with Crippen LogP contribution in [0.2, 0.25) is 0 Å². The molecule has 3 heteroatoms. The molecule has 3 nitrogen and oxygen atoms in total. The summed E-state index contributed by atoms with van der Waals surface area (Å²) in [6, 6.07) is 0. The molecule has 0 heterocycles. The summed E-state index contributed by atoms with van der Waals surface area (Å²) >= 11 is 0. The fraction of sp³-hybridized carbons (Fsp3) is 0.889. The molecule has 1 atom stereocenters. The first-order chi connectivity index (χ1) is 5.52. The van der Waals surface area contributed by atoms with E-state index in [9.17, 15) is 4.79 Å². The number of hydrogen-bond acceptors (Lipinski definition) is 3. The molecule has 0 aromatic heterocycles. The van der Waals surface area contributed by atoms with Crippen molar-refractivity contribution in [2.45, 2.75) is 39.7 Å². The standard InChI is InChI=1S/C9H18O3/c1-7(2)4-5-12-9(11)6-8(3)10/h7-8,10H,4-6H2,1-3H3. The summed E-state index contributed by atoms with van der Waals surface area (Å²) in [6.45, 7) is 6.18. The van der Waals surface area contributed by atoms with E-state index >= 15 is 0 Å². The Morgan fingerprint density at radius 1 is 1.42 bits per heavy atom. The SMILES string of the molecule is CC(C)CCOC(=O)CC(C)O. The first-order valence-electron chi connectivity index (χ1n) is 4.36. The van der Waals surface area contributed by atoms with Crippen molar-refractivity contribution >= 4 is 5.97 Å². The maximum Gasteiger partial charge on any atom is 0.308 e. The molecule has 0 aromatic carbocycles. The van der Waals surface area contributed by atoms with Crippen LogP contribution in [0.5, 0.6) is 0 Å². The van der Waals surface area contributed by atoms with Crippen molar-refractivity contribution in [2.24, 2.45) is 5.92 Å². The molecule has 1 N–H and O–H groups in total. The minimum atomic E-state index is -0.600. The quantitative estimate of drug-likeness (QED) is 0.640. The summed E-state index contributed by atoms with van der Waals surface area (Å²) in [5, 5.41) is 8.83. The topological polar surface area (TPSA) is 46.5 Å². The first kappa shape index (κ1) is 11.4. The molecule has 0 radical (unpaired) electrons. The van der Waals surface area contributed by atoms with E-state index in [1.54, 1.807) is 6.92 Å². The Bertz CT molecular complexity index is 130. The third-order valence-corrected chi connectivity index (χ3v) is 1.42. The van der Waals surface area contributed by atoms with Crippen molar-refractivity contribution in [3.05, 3.63) is 0 Å². The van der Waals surface area contributed by atoms with Gasteiger partial charge in [0.05, 0.1) is 19.1 Å². The van der Waals surface area contributed by atoms with Gasteiger partial charge < -0.3 is 9.84 Å². The van der Waals surface area contributed by atoms with E-state index in [1.165, 1.54) is 0 Å². The lowest BCUT2D eigenvalue weighted by atomic mass is 10.1. The lowest BCUT2D eigenvalue weighted by Crippen LogP contribution is -2.13. The van der Waals surface area contributed by atoms with Crippen molar-refractivity contribution in [3.63, 3.8) is 0 Å². The maximum atomic E-state index is 10.9. The van der Waals surface area contributed by atoms with Gasteiger partial charge in [0.25, 0.3) is 0 Å². The van der Waals surface area contributed by atoms with Gasteiger partial charge in [0, 0.05) is 0 Å². The van der Waals surface area contributed by atoms with Crippen molar-refractivity contribution in [1.29, 1.82) is 0 Å². The molecule has 0 saturated carbocycles. The molecular formula is C9H18O3. The Hall–Kier alpha value is -0.570. The van der Waals surface area contributed by atoms with E-state index in [-0.39, 0.29) is 12.4 Å². The predicted molar refractivity (Wildman–Crippen MR) is 46.7 cm³/mol. The fourth-order valence-electron chi connectivity index (χ4n) is 0.709. The molecule has 72 valence electrons. The van der Waals surface area contributed by atoms with Crippen LogP contribution in [-0.4, -0.2) is 23.8 Å². The zero-order chi connectivity index (χ0) is 9.56. The average Bonchev–Trinajstić information content (AvgIpc) is 1.84. The fourth-order valence-corrected chi connectivity index (χ4v) is 0.709. The highest BCUT2D eigenvalue weighted by atomic mass is 16.5. The van der Waals surface area contributed by atoms with Crippen molar-refractivity contribution in [1.82, 2.24) is 0 Å². The number of rotatable bonds is 5. The predicted octanol–water partition coefficient (Wildman–Crippen LogP) is 1.35. The van der Waals surface area contributed by atoms with Gasteiger partial charge in [-0.2, -0.15) is 0 Å². The minimum Gasteiger partial charge on any atom is -0.466 e. The Labute approximate surface area is 73.7 Å². The smallest absolute Gasteiger partial charge is 0.308 e. The molecule has 0 aliphatic rings. The zero-order valence-corrected chi connectivity index (χ0v) is 8.04.